The SMILES string of the molecule is COc1ccc(N2NC3=c4c2cncc4=C[C@H](C2CN4CCC2CC4)C3)cc1. The van der Waals surface area contributed by atoms with E-state index >= 15 is 0 Å². The second-order valence-corrected chi connectivity index (χ2v) is 8.58. The largest absolute Gasteiger partial charge is 0.497 e. The lowest BCUT2D eigenvalue weighted by molar-refractivity contribution is 0.0336. The number of hydrogen-bond acceptors (Lipinski definition) is 5. The fourth-order valence-electron chi connectivity index (χ4n) is 5.72. The molecule has 7 rings (SSSR count). The van der Waals surface area contributed by atoms with Gasteiger partial charge in [-0.05, 0) is 74.4 Å². The highest BCUT2D eigenvalue weighted by molar-refractivity contribution is 5.74. The van der Waals surface area contributed by atoms with Crippen LogP contribution in [-0.2, 0) is 0 Å². The molecule has 144 valence electrons. The normalized spacial score (nSPS) is 29.9. The van der Waals surface area contributed by atoms with Gasteiger partial charge in [-0.1, -0.05) is 6.08 Å². The molecule has 0 amide bonds. The first-order valence-corrected chi connectivity index (χ1v) is 10.4. The molecule has 1 aromatic heterocycles. The van der Waals surface area contributed by atoms with Gasteiger partial charge in [0, 0.05) is 28.9 Å². The smallest absolute Gasteiger partial charge is 0.119 e. The molecule has 3 fully saturated rings. The van der Waals surface area contributed by atoms with Crippen LogP contribution >= 0.6 is 0 Å². The molecule has 5 heterocycles. The summed E-state index contributed by atoms with van der Waals surface area (Å²) in [6.45, 7) is 3.87. The van der Waals surface area contributed by atoms with Crippen LogP contribution in [0.2, 0.25) is 0 Å². The molecule has 2 aromatic rings. The van der Waals surface area contributed by atoms with Crippen LogP contribution in [0.3, 0.4) is 0 Å². The Morgan fingerprint density at radius 3 is 2.64 bits per heavy atom. The van der Waals surface area contributed by atoms with Crippen LogP contribution in [0.5, 0.6) is 5.75 Å². The first-order chi connectivity index (χ1) is 13.8. The van der Waals surface area contributed by atoms with E-state index < -0.39 is 0 Å². The lowest BCUT2D eigenvalue weighted by Crippen LogP contribution is -2.50. The summed E-state index contributed by atoms with van der Waals surface area (Å²) < 4.78 is 5.31. The Labute approximate surface area is 165 Å². The Balaban J connectivity index is 1.35. The second-order valence-electron chi connectivity index (χ2n) is 8.58. The molecule has 1 N–H and O–H groups in total. The Hall–Kier alpha value is -2.53. The van der Waals surface area contributed by atoms with E-state index in [2.05, 4.69) is 38.5 Å². The molecule has 1 aromatic carbocycles. The zero-order valence-electron chi connectivity index (χ0n) is 16.3. The maximum Gasteiger partial charge on any atom is 0.119 e. The van der Waals surface area contributed by atoms with Crippen molar-refractivity contribution >= 4 is 23.1 Å². The van der Waals surface area contributed by atoms with Gasteiger partial charge in [0.1, 0.15) is 5.75 Å². The predicted molar refractivity (Wildman–Crippen MR) is 110 cm³/mol. The number of aromatic nitrogens is 1. The molecule has 28 heavy (non-hydrogen) atoms. The predicted octanol–water partition coefficient (Wildman–Crippen LogP) is 2.00. The fraction of sp³-hybridized carbons (Fsp3) is 0.435. The summed E-state index contributed by atoms with van der Waals surface area (Å²) in [7, 11) is 1.70. The standard InChI is InChI=1S/C23H26N4O/c1-28-19-4-2-18(3-5-19)27-22-13-24-12-17-10-16(11-21(25-27)23(17)22)20-14-26-8-6-15(20)7-9-26/h2-5,10,12-13,15-16,20,25H,6-9,11,14H2,1H3/t16-,20?/m0/s1. The van der Waals surface area contributed by atoms with E-state index in [9.17, 15) is 0 Å². The van der Waals surface area contributed by atoms with E-state index in [0.717, 1.165) is 35.4 Å². The molecular weight excluding hydrogens is 348 g/mol. The van der Waals surface area contributed by atoms with Gasteiger partial charge in [0.2, 0.25) is 0 Å². The molecular formula is C23H26N4O. The first-order valence-electron chi connectivity index (χ1n) is 10.4. The van der Waals surface area contributed by atoms with E-state index in [1.165, 1.54) is 48.6 Å². The van der Waals surface area contributed by atoms with E-state index in [-0.39, 0.29) is 0 Å². The van der Waals surface area contributed by atoms with E-state index in [4.69, 9.17) is 4.74 Å². The van der Waals surface area contributed by atoms with Crippen LogP contribution in [0.4, 0.5) is 11.4 Å². The van der Waals surface area contributed by atoms with Gasteiger partial charge in [-0.25, -0.2) is 0 Å². The van der Waals surface area contributed by atoms with Gasteiger partial charge in [0.05, 0.1) is 24.7 Å². The minimum Gasteiger partial charge on any atom is -0.497 e. The number of pyridine rings is 1. The Kier molecular flexibility index (Phi) is 3.66. The van der Waals surface area contributed by atoms with Crippen molar-refractivity contribution in [3.63, 3.8) is 0 Å². The number of rotatable bonds is 3. The molecule has 5 aliphatic rings. The summed E-state index contributed by atoms with van der Waals surface area (Å²) >= 11 is 0. The van der Waals surface area contributed by atoms with E-state index in [0.29, 0.717) is 5.92 Å². The molecule has 3 saturated heterocycles. The quantitative estimate of drug-likeness (QED) is 0.890. The minimum absolute atomic E-state index is 0.607. The summed E-state index contributed by atoms with van der Waals surface area (Å²) in [5.74, 6) is 3.16. The summed E-state index contributed by atoms with van der Waals surface area (Å²) in [6, 6.07) is 8.21. The van der Waals surface area contributed by atoms with Crippen LogP contribution in [0.25, 0.3) is 11.8 Å². The summed E-state index contributed by atoms with van der Waals surface area (Å²) in [5, 5.41) is 4.81. The highest BCUT2D eigenvalue weighted by atomic mass is 16.5. The van der Waals surface area contributed by atoms with E-state index in [1.54, 1.807) is 7.11 Å². The van der Waals surface area contributed by atoms with Crippen molar-refractivity contribution in [2.45, 2.75) is 19.3 Å². The molecule has 2 atom stereocenters. The van der Waals surface area contributed by atoms with Crippen molar-refractivity contribution in [3.05, 3.63) is 47.1 Å². The van der Waals surface area contributed by atoms with Gasteiger partial charge < -0.3 is 9.64 Å². The molecule has 1 aliphatic carbocycles. The monoisotopic (exact) mass is 374 g/mol. The van der Waals surface area contributed by atoms with Gasteiger partial charge in [-0.2, -0.15) is 0 Å². The topological polar surface area (TPSA) is 40.6 Å². The van der Waals surface area contributed by atoms with Gasteiger partial charge in [-0.15, -0.1) is 0 Å². The van der Waals surface area contributed by atoms with Gasteiger partial charge >= 0.3 is 0 Å². The van der Waals surface area contributed by atoms with Gasteiger partial charge in [0.15, 0.2) is 0 Å². The Morgan fingerprint density at radius 1 is 1.11 bits per heavy atom. The average molecular weight is 374 g/mol. The number of anilines is 2. The third-order valence-electron chi connectivity index (χ3n) is 7.17. The molecule has 5 nitrogen and oxygen atoms in total. The van der Waals surface area contributed by atoms with Crippen LogP contribution in [0.15, 0.2) is 36.7 Å². The van der Waals surface area contributed by atoms with Crippen molar-refractivity contribution in [1.82, 2.24) is 15.3 Å². The summed E-state index contributed by atoms with van der Waals surface area (Å²) in [5.41, 5.74) is 7.32. The molecule has 1 unspecified atom stereocenters. The van der Waals surface area contributed by atoms with Gasteiger partial charge in [0.25, 0.3) is 0 Å². The Bertz CT molecular complexity index is 1020. The maximum absolute atomic E-state index is 5.31. The van der Waals surface area contributed by atoms with Crippen LogP contribution in [0.1, 0.15) is 19.3 Å². The lowest BCUT2D eigenvalue weighted by atomic mass is 9.70. The molecule has 4 aliphatic heterocycles. The van der Waals surface area contributed by atoms with Crippen molar-refractivity contribution < 1.29 is 4.74 Å². The second kappa shape index (κ2) is 6.24. The first kappa shape index (κ1) is 16.4. The van der Waals surface area contributed by atoms with Crippen LogP contribution < -0.4 is 25.6 Å². The number of ether oxygens (including phenoxy) is 1. The number of piperidine rings is 3. The van der Waals surface area contributed by atoms with Crippen molar-refractivity contribution in [3.8, 4) is 5.75 Å². The third-order valence-corrected chi connectivity index (χ3v) is 7.17. The van der Waals surface area contributed by atoms with Crippen LogP contribution in [-0.4, -0.2) is 36.6 Å². The minimum atomic E-state index is 0.607. The summed E-state index contributed by atoms with van der Waals surface area (Å²) in [6.07, 6.45) is 10.4. The molecule has 0 radical (unpaired) electrons. The zero-order chi connectivity index (χ0) is 18.7. The van der Waals surface area contributed by atoms with Crippen molar-refractivity contribution in [1.29, 1.82) is 0 Å². The number of benzene rings is 1. The van der Waals surface area contributed by atoms with Crippen LogP contribution in [0, 0.1) is 17.8 Å². The number of hydrogen-bond donors (Lipinski definition) is 1. The highest BCUT2D eigenvalue weighted by Gasteiger charge is 2.39. The molecule has 0 spiro atoms. The zero-order valence-corrected chi connectivity index (χ0v) is 16.3. The van der Waals surface area contributed by atoms with E-state index in [1.807, 2.05) is 24.5 Å². The lowest BCUT2D eigenvalue weighted by Gasteiger charge is -2.47. The van der Waals surface area contributed by atoms with Crippen molar-refractivity contribution in [2.75, 3.05) is 31.8 Å². The number of nitrogens with zero attached hydrogens (tertiary/aromatic N) is 3. The number of fused-ring (bicyclic) bond motifs is 3. The number of methoxy groups -OCH3 is 1. The molecule has 2 bridgehead atoms. The number of nitrogens with one attached hydrogen (secondary N) is 1. The van der Waals surface area contributed by atoms with Crippen molar-refractivity contribution in [2.24, 2.45) is 17.8 Å². The molecule has 5 heteroatoms. The third kappa shape index (κ3) is 2.46. The average Bonchev–Trinajstić information content (AvgIpc) is 3.14. The maximum atomic E-state index is 5.31. The number of hydrazine groups is 1. The van der Waals surface area contributed by atoms with Gasteiger partial charge in [-0.3, -0.25) is 15.4 Å². The molecule has 0 saturated carbocycles. The Morgan fingerprint density at radius 2 is 1.93 bits per heavy atom. The summed E-state index contributed by atoms with van der Waals surface area (Å²) in [4.78, 5) is 7.24. The fourth-order valence-corrected chi connectivity index (χ4v) is 5.72. The highest BCUT2D eigenvalue weighted by Crippen LogP contribution is 2.40.